The topological polar surface area (TPSA) is 64.6 Å². The van der Waals surface area contributed by atoms with Crippen molar-refractivity contribution in [1.29, 1.82) is 0 Å². The van der Waals surface area contributed by atoms with Crippen LogP contribution in [0.25, 0.3) is 0 Å². The molecule has 6 heteroatoms. The van der Waals surface area contributed by atoms with E-state index in [1.54, 1.807) is 6.92 Å². The first-order valence-electron chi connectivity index (χ1n) is 4.92. The zero-order valence-corrected chi connectivity index (χ0v) is 9.24. The molecule has 17 heavy (non-hydrogen) atoms. The molecule has 1 aromatic carbocycles. The molecule has 1 amide bonds. The Morgan fingerprint density at radius 2 is 2.24 bits per heavy atom. The van der Waals surface area contributed by atoms with Gasteiger partial charge in [0.1, 0.15) is 11.6 Å². The molecule has 2 rings (SSSR count). The van der Waals surface area contributed by atoms with Crippen LogP contribution in [-0.2, 0) is 9.53 Å². The van der Waals surface area contributed by atoms with E-state index in [-0.39, 0.29) is 22.9 Å². The van der Waals surface area contributed by atoms with Crippen molar-refractivity contribution in [1.82, 2.24) is 0 Å². The fourth-order valence-electron chi connectivity index (χ4n) is 1.49. The van der Waals surface area contributed by atoms with Crippen LogP contribution in [0.3, 0.4) is 0 Å². The number of halogens is 1. The molecular weight excluding hydrogens is 229 g/mol. The second-order valence-electron chi connectivity index (χ2n) is 3.57. The van der Waals surface area contributed by atoms with E-state index in [9.17, 15) is 14.0 Å². The zero-order chi connectivity index (χ0) is 12.6. The lowest BCUT2D eigenvalue weighted by molar-refractivity contribution is -0.122. The number of hydrogen-bond donors (Lipinski definition) is 1. The Bertz CT molecular complexity index is 500. The molecule has 0 bridgehead atoms. The Hall–Kier alpha value is -2.11. The average Bonchev–Trinajstić information content (AvgIpc) is 2.30. The third-order valence-corrected chi connectivity index (χ3v) is 2.41. The van der Waals surface area contributed by atoms with Gasteiger partial charge < -0.3 is 14.8 Å². The number of hydrogen-bond acceptors (Lipinski definition) is 4. The highest BCUT2D eigenvalue weighted by atomic mass is 19.1. The van der Waals surface area contributed by atoms with Gasteiger partial charge in [-0.15, -0.1) is 0 Å². The highest BCUT2D eigenvalue weighted by Crippen LogP contribution is 2.32. The van der Waals surface area contributed by atoms with Crippen molar-refractivity contribution in [2.75, 3.05) is 12.4 Å². The van der Waals surface area contributed by atoms with Crippen LogP contribution in [-0.4, -0.2) is 25.1 Å². The van der Waals surface area contributed by atoms with Gasteiger partial charge in [-0.1, -0.05) is 0 Å². The van der Waals surface area contributed by atoms with Gasteiger partial charge in [-0.2, -0.15) is 0 Å². The average molecular weight is 239 g/mol. The van der Waals surface area contributed by atoms with E-state index in [1.165, 1.54) is 6.07 Å². The van der Waals surface area contributed by atoms with E-state index >= 15 is 0 Å². The Morgan fingerprint density at radius 3 is 2.88 bits per heavy atom. The van der Waals surface area contributed by atoms with Gasteiger partial charge in [-0.25, -0.2) is 9.18 Å². The van der Waals surface area contributed by atoms with E-state index in [0.717, 1.165) is 13.2 Å². The Balaban J connectivity index is 2.46. The summed E-state index contributed by atoms with van der Waals surface area (Å²) in [5.41, 5.74) is 0.0135. The number of fused-ring (bicyclic) bond motifs is 1. The number of carbonyl (C=O) groups excluding carboxylic acids is 2. The van der Waals surface area contributed by atoms with Crippen LogP contribution in [0.5, 0.6) is 5.75 Å². The van der Waals surface area contributed by atoms with Gasteiger partial charge in [0.05, 0.1) is 18.4 Å². The molecule has 5 nitrogen and oxygen atoms in total. The molecule has 1 atom stereocenters. The number of carbonyl (C=O) groups is 2. The van der Waals surface area contributed by atoms with Crippen molar-refractivity contribution in [3.05, 3.63) is 23.5 Å². The predicted octanol–water partition coefficient (Wildman–Crippen LogP) is 1.33. The number of methoxy groups -OCH3 is 1. The second-order valence-corrected chi connectivity index (χ2v) is 3.57. The molecule has 0 saturated carbocycles. The number of esters is 1. The van der Waals surface area contributed by atoms with E-state index in [2.05, 4.69) is 10.1 Å². The molecule has 1 N–H and O–H groups in total. The Morgan fingerprint density at radius 1 is 1.53 bits per heavy atom. The lowest BCUT2D eigenvalue weighted by atomic mass is 10.1. The molecule has 1 aromatic rings. The third kappa shape index (κ3) is 1.93. The zero-order valence-electron chi connectivity index (χ0n) is 9.24. The minimum Gasteiger partial charge on any atom is -0.479 e. The molecule has 1 aliphatic rings. The van der Waals surface area contributed by atoms with Crippen molar-refractivity contribution in [3.63, 3.8) is 0 Å². The standard InChI is InChI=1S/C11H10FNO4/c1-5-10(14)13-8-3-6(11(15)16-2)7(12)4-9(8)17-5/h3-5H,1-2H3,(H,13,14). The van der Waals surface area contributed by atoms with Crippen LogP contribution in [0.4, 0.5) is 10.1 Å². The lowest BCUT2D eigenvalue weighted by Gasteiger charge is -2.23. The van der Waals surface area contributed by atoms with Crippen molar-refractivity contribution < 1.29 is 23.5 Å². The van der Waals surface area contributed by atoms with Crippen molar-refractivity contribution in [2.45, 2.75) is 13.0 Å². The second kappa shape index (κ2) is 4.04. The quantitative estimate of drug-likeness (QED) is 0.751. The number of rotatable bonds is 1. The summed E-state index contributed by atoms with van der Waals surface area (Å²) < 4.78 is 23.2. The van der Waals surface area contributed by atoms with Gasteiger partial charge in [0, 0.05) is 6.07 Å². The summed E-state index contributed by atoms with van der Waals surface area (Å²) in [6.45, 7) is 1.55. The van der Waals surface area contributed by atoms with Crippen molar-refractivity contribution in [2.24, 2.45) is 0 Å². The monoisotopic (exact) mass is 239 g/mol. The molecule has 0 saturated heterocycles. The summed E-state index contributed by atoms with van der Waals surface area (Å²) in [4.78, 5) is 22.6. The van der Waals surface area contributed by atoms with Gasteiger partial charge in [-0.3, -0.25) is 4.79 Å². The first-order valence-corrected chi connectivity index (χ1v) is 4.92. The normalized spacial score (nSPS) is 17.8. The van der Waals surface area contributed by atoms with Crippen LogP contribution in [0.1, 0.15) is 17.3 Å². The molecule has 90 valence electrons. The maximum atomic E-state index is 13.5. The van der Waals surface area contributed by atoms with Gasteiger partial charge in [0.15, 0.2) is 6.10 Å². The summed E-state index contributed by atoms with van der Waals surface area (Å²) in [6.07, 6.45) is -0.689. The highest BCUT2D eigenvalue weighted by Gasteiger charge is 2.26. The minimum absolute atomic E-state index is 0.197. The van der Waals surface area contributed by atoms with Gasteiger partial charge >= 0.3 is 5.97 Å². The fourth-order valence-corrected chi connectivity index (χ4v) is 1.49. The van der Waals surface area contributed by atoms with Crippen LogP contribution in [0.2, 0.25) is 0 Å². The molecule has 1 unspecified atom stereocenters. The van der Waals surface area contributed by atoms with Crippen molar-refractivity contribution in [3.8, 4) is 5.75 Å². The number of anilines is 1. The summed E-state index contributed by atoms with van der Waals surface area (Å²) in [6, 6.07) is 2.25. The van der Waals surface area contributed by atoms with Gasteiger partial charge in [0.25, 0.3) is 5.91 Å². The molecule has 1 heterocycles. The van der Waals surface area contributed by atoms with Crippen LogP contribution in [0, 0.1) is 5.82 Å². The third-order valence-electron chi connectivity index (χ3n) is 2.41. The first kappa shape index (κ1) is 11.4. The fraction of sp³-hybridized carbons (Fsp3) is 0.273. The molecule has 0 aromatic heterocycles. The molecular formula is C11H10FNO4. The molecule has 1 aliphatic heterocycles. The van der Waals surface area contributed by atoms with Crippen LogP contribution < -0.4 is 10.1 Å². The smallest absolute Gasteiger partial charge is 0.340 e. The first-order chi connectivity index (χ1) is 8.02. The van der Waals surface area contributed by atoms with Crippen LogP contribution in [0.15, 0.2) is 12.1 Å². The van der Waals surface area contributed by atoms with E-state index in [0.29, 0.717) is 0 Å². The van der Waals surface area contributed by atoms with E-state index in [4.69, 9.17) is 4.74 Å². The van der Waals surface area contributed by atoms with E-state index in [1.807, 2.05) is 0 Å². The number of nitrogens with one attached hydrogen (secondary N) is 1. The SMILES string of the molecule is COC(=O)c1cc2c(cc1F)OC(C)C(=O)N2. The van der Waals surface area contributed by atoms with Crippen LogP contribution >= 0.6 is 0 Å². The minimum atomic E-state index is -0.807. The molecule has 0 fully saturated rings. The maximum absolute atomic E-state index is 13.5. The number of ether oxygens (including phenoxy) is 2. The lowest BCUT2D eigenvalue weighted by Crippen LogP contribution is -2.34. The van der Waals surface area contributed by atoms with Gasteiger partial charge in [-0.05, 0) is 13.0 Å². The summed E-state index contributed by atoms with van der Waals surface area (Å²) >= 11 is 0. The van der Waals surface area contributed by atoms with Gasteiger partial charge in [0.2, 0.25) is 0 Å². The number of benzene rings is 1. The Labute approximate surface area is 96.5 Å². The number of amides is 1. The highest BCUT2D eigenvalue weighted by molar-refractivity contribution is 5.99. The predicted molar refractivity (Wildman–Crippen MR) is 56.5 cm³/mol. The Kier molecular flexibility index (Phi) is 2.71. The van der Waals surface area contributed by atoms with E-state index < -0.39 is 17.9 Å². The molecule has 0 spiro atoms. The summed E-state index contributed by atoms with van der Waals surface area (Å²) in [7, 11) is 1.15. The summed E-state index contributed by atoms with van der Waals surface area (Å²) in [5.74, 6) is -1.71. The molecule has 0 aliphatic carbocycles. The molecule has 0 radical (unpaired) electrons. The summed E-state index contributed by atoms with van der Waals surface area (Å²) in [5, 5.41) is 2.52. The maximum Gasteiger partial charge on any atom is 0.340 e. The van der Waals surface area contributed by atoms with Crippen molar-refractivity contribution >= 4 is 17.6 Å². The largest absolute Gasteiger partial charge is 0.479 e.